The fraction of sp³-hybridized carbons (Fsp3) is 0.200. The van der Waals surface area contributed by atoms with Crippen LogP contribution in [0.3, 0.4) is 0 Å². The Bertz CT molecular complexity index is 662. The molecule has 0 saturated carbocycles. The minimum absolute atomic E-state index is 0.0992. The monoisotopic (exact) mass is 304 g/mol. The van der Waals surface area contributed by atoms with E-state index in [0.717, 1.165) is 23.2 Å². The number of carbonyl (C=O) groups is 1. The Morgan fingerprint density at radius 2 is 2.10 bits per heavy atom. The van der Waals surface area contributed by atoms with Crippen LogP contribution in [0.1, 0.15) is 32.6 Å². The predicted molar refractivity (Wildman–Crippen MR) is 88.7 cm³/mol. The van der Waals surface area contributed by atoms with Crippen LogP contribution >= 0.6 is 23.6 Å². The average molecular weight is 304 g/mol. The molecular formula is C15H16N2OS2. The van der Waals surface area contributed by atoms with Crippen LogP contribution in [0.2, 0.25) is 0 Å². The average Bonchev–Trinajstić information content (AvgIpc) is 2.89. The first-order valence-corrected chi connectivity index (χ1v) is 7.54. The third-order valence-electron chi connectivity index (χ3n) is 3.00. The van der Waals surface area contributed by atoms with Gasteiger partial charge in [-0.15, -0.1) is 11.3 Å². The van der Waals surface area contributed by atoms with Gasteiger partial charge in [-0.05, 0) is 37.1 Å². The summed E-state index contributed by atoms with van der Waals surface area (Å²) in [6.45, 7) is 4.01. The summed E-state index contributed by atoms with van der Waals surface area (Å²) in [5.41, 5.74) is 8.09. The minimum atomic E-state index is -0.0992. The molecule has 2 aromatic rings. The fourth-order valence-corrected chi connectivity index (χ4v) is 2.75. The molecule has 5 heteroatoms. The van der Waals surface area contributed by atoms with Gasteiger partial charge in [-0.3, -0.25) is 4.79 Å². The topological polar surface area (TPSA) is 55.1 Å². The van der Waals surface area contributed by atoms with Crippen molar-refractivity contribution in [3.8, 4) is 0 Å². The SMILES string of the molecule is CCc1ccc(C(=O)Nc2cc(C(N)=S)ccc2C)s1. The number of carbonyl (C=O) groups excluding carboxylic acids is 1. The van der Waals surface area contributed by atoms with Crippen molar-refractivity contribution in [3.05, 3.63) is 51.2 Å². The summed E-state index contributed by atoms with van der Waals surface area (Å²) >= 11 is 6.47. The molecule has 0 aliphatic carbocycles. The van der Waals surface area contributed by atoms with Gasteiger partial charge in [0, 0.05) is 16.1 Å². The quantitative estimate of drug-likeness (QED) is 0.850. The number of thiophene rings is 1. The normalized spacial score (nSPS) is 10.3. The summed E-state index contributed by atoms with van der Waals surface area (Å²) in [5.74, 6) is -0.0992. The largest absolute Gasteiger partial charge is 0.389 e. The molecular weight excluding hydrogens is 288 g/mol. The molecule has 104 valence electrons. The summed E-state index contributed by atoms with van der Waals surface area (Å²) in [7, 11) is 0. The maximum Gasteiger partial charge on any atom is 0.265 e. The highest BCUT2D eigenvalue weighted by atomic mass is 32.1. The number of nitrogens with one attached hydrogen (secondary N) is 1. The molecule has 3 nitrogen and oxygen atoms in total. The molecule has 3 N–H and O–H groups in total. The zero-order valence-electron chi connectivity index (χ0n) is 11.4. The van der Waals surface area contributed by atoms with Crippen molar-refractivity contribution >= 4 is 40.1 Å². The van der Waals surface area contributed by atoms with Crippen LogP contribution in [0.15, 0.2) is 30.3 Å². The molecule has 0 fully saturated rings. The number of anilines is 1. The van der Waals surface area contributed by atoms with E-state index in [1.165, 1.54) is 16.2 Å². The zero-order valence-corrected chi connectivity index (χ0v) is 13.0. The molecule has 0 unspecified atom stereocenters. The van der Waals surface area contributed by atoms with Crippen molar-refractivity contribution in [3.63, 3.8) is 0 Å². The van der Waals surface area contributed by atoms with Crippen LogP contribution in [0.4, 0.5) is 5.69 Å². The number of hydrogen-bond donors (Lipinski definition) is 2. The van der Waals surface area contributed by atoms with Crippen LogP contribution < -0.4 is 11.1 Å². The van der Waals surface area contributed by atoms with Gasteiger partial charge in [0.1, 0.15) is 4.99 Å². The van der Waals surface area contributed by atoms with Crippen LogP contribution in [-0.2, 0) is 6.42 Å². The molecule has 0 aliphatic heterocycles. The highest BCUT2D eigenvalue weighted by Crippen LogP contribution is 2.21. The fourth-order valence-electron chi connectivity index (χ4n) is 1.78. The predicted octanol–water partition coefficient (Wildman–Crippen LogP) is 3.51. The van der Waals surface area contributed by atoms with Gasteiger partial charge in [0.2, 0.25) is 0 Å². The summed E-state index contributed by atoms with van der Waals surface area (Å²) in [5, 5.41) is 2.92. The summed E-state index contributed by atoms with van der Waals surface area (Å²) < 4.78 is 0. The highest BCUT2D eigenvalue weighted by Gasteiger charge is 2.11. The minimum Gasteiger partial charge on any atom is -0.389 e. The first-order valence-electron chi connectivity index (χ1n) is 6.31. The van der Waals surface area contributed by atoms with E-state index in [1.807, 2.05) is 37.3 Å². The Morgan fingerprint density at radius 1 is 1.35 bits per heavy atom. The van der Waals surface area contributed by atoms with Gasteiger partial charge in [0.05, 0.1) is 4.88 Å². The van der Waals surface area contributed by atoms with Gasteiger partial charge in [-0.25, -0.2) is 0 Å². The second-order valence-electron chi connectivity index (χ2n) is 4.47. The smallest absolute Gasteiger partial charge is 0.265 e. The van der Waals surface area contributed by atoms with Crippen LogP contribution in [0.5, 0.6) is 0 Å². The van der Waals surface area contributed by atoms with E-state index in [2.05, 4.69) is 12.2 Å². The number of benzene rings is 1. The van der Waals surface area contributed by atoms with Crippen molar-refractivity contribution < 1.29 is 4.79 Å². The van der Waals surface area contributed by atoms with E-state index in [-0.39, 0.29) is 5.91 Å². The molecule has 1 amide bonds. The second kappa shape index (κ2) is 6.15. The number of hydrogen-bond acceptors (Lipinski definition) is 3. The molecule has 2 rings (SSSR count). The lowest BCUT2D eigenvalue weighted by molar-refractivity contribution is 0.103. The van der Waals surface area contributed by atoms with E-state index in [9.17, 15) is 4.79 Å². The van der Waals surface area contributed by atoms with Crippen LogP contribution in [0, 0.1) is 6.92 Å². The molecule has 0 atom stereocenters. The second-order valence-corrected chi connectivity index (χ2v) is 6.08. The molecule has 1 heterocycles. The lowest BCUT2D eigenvalue weighted by atomic mass is 10.1. The molecule has 0 spiro atoms. The molecule has 20 heavy (non-hydrogen) atoms. The molecule has 1 aromatic heterocycles. The van der Waals surface area contributed by atoms with Gasteiger partial charge in [0.25, 0.3) is 5.91 Å². The van der Waals surface area contributed by atoms with Crippen molar-refractivity contribution in [1.82, 2.24) is 0 Å². The van der Waals surface area contributed by atoms with Crippen molar-refractivity contribution in [2.24, 2.45) is 5.73 Å². The van der Waals surface area contributed by atoms with E-state index in [0.29, 0.717) is 9.87 Å². The first-order chi connectivity index (χ1) is 9.51. The van der Waals surface area contributed by atoms with Gasteiger partial charge >= 0.3 is 0 Å². The Hall–Kier alpha value is -1.72. The maximum atomic E-state index is 12.2. The van der Waals surface area contributed by atoms with Crippen LogP contribution in [0.25, 0.3) is 0 Å². The van der Waals surface area contributed by atoms with Crippen molar-refractivity contribution in [2.45, 2.75) is 20.3 Å². The maximum absolute atomic E-state index is 12.2. The number of aryl methyl sites for hydroxylation is 2. The van der Waals surface area contributed by atoms with Gasteiger partial charge in [-0.1, -0.05) is 31.3 Å². The number of nitrogens with two attached hydrogens (primary N) is 1. The molecule has 0 saturated heterocycles. The van der Waals surface area contributed by atoms with Gasteiger partial charge in [-0.2, -0.15) is 0 Å². The van der Waals surface area contributed by atoms with Crippen molar-refractivity contribution in [1.29, 1.82) is 0 Å². The third-order valence-corrected chi connectivity index (χ3v) is 4.47. The van der Waals surface area contributed by atoms with Gasteiger partial charge < -0.3 is 11.1 Å². The third kappa shape index (κ3) is 3.23. The number of amides is 1. The molecule has 0 aliphatic rings. The summed E-state index contributed by atoms with van der Waals surface area (Å²) in [6.07, 6.45) is 0.938. The first kappa shape index (κ1) is 14.7. The standard InChI is InChI=1S/C15H16N2OS2/c1-3-11-6-7-13(20-11)15(18)17-12-8-10(14(16)19)5-4-9(12)2/h4-8H,3H2,1-2H3,(H2,16,19)(H,17,18). The molecule has 1 aromatic carbocycles. The van der Waals surface area contributed by atoms with E-state index in [1.54, 1.807) is 0 Å². The highest BCUT2D eigenvalue weighted by molar-refractivity contribution is 7.80. The Labute approximate surface area is 127 Å². The Kier molecular flexibility index (Phi) is 4.52. The zero-order chi connectivity index (χ0) is 14.7. The molecule has 0 radical (unpaired) electrons. The van der Waals surface area contributed by atoms with Gasteiger partial charge in [0.15, 0.2) is 0 Å². The van der Waals surface area contributed by atoms with Crippen molar-refractivity contribution in [2.75, 3.05) is 5.32 Å². The summed E-state index contributed by atoms with van der Waals surface area (Å²) in [6, 6.07) is 9.40. The van der Waals surface area contributed by atoms with E-state index < -0.39 is 0 Å². The lowest BCUT2D eigenvalue weighted by Crippen LogP contribution is -2.14. The Morgan fingerprint density at radius 3 is 2.70 bits per heavy atom. The number of thiocarbonyl (C=S) groups is 1. The lowest BCUT2D eigenvalue weighted by Gasteiger charge is -2.09. The van der Waals surface area contributed by atoms with Crippen LogP contribution in [-0.4, -0.2) is 10.9 Å². The number of rotatable bonds is 4. The van der Waals surface area contributed by atoms with E-state index in [4.69, 9.17) is 18.0 Å². The molecule has 0 bridgehead atoms. The summed E-state index contributed by atoms with van der Waals surface area (Å²) in [4.78, 5) is 14.4. The van der Waals surface area contributed by atoms with E-state index >= 15 is 0 Å². The Balaban J connectivity index is 2.22.